The molecule has 0 unspecified atom stereocenters. The van der Waals surface area contributed by atoms with Crippen LogP contribution in [-0.4, -0.2) is 42.2 Å². The maximum Gasteiger partial charge on any atom is 0.260 e. The van der Waals surface area contributed by atoms with Crippen LogP contribution in [0, 0.1) is 3.57 Å². The summed E-state index contributed by atoms with van der Waals surface area (Å²) in [5, 5.41) is 0. The molecule has 0 spiro atoms. The van der Waals surface area contributed by atoms with Crippen molar-refractivity contribution in [2.75, 3.05) is 20.2 Å². The summed E-state index contributed by atoms with van der Waals surface area (Å²) in [5.74, 6) is 0.200. The molecule has 0 saturated carbocycles. The summed E-state index contributed by atoms with van der Waals surface area (Å²) < 4.78 is 19.0. The van der Waals surface area contributed by atoms with Crippen molar-refractivity contribution in [1.29, 1.82) is 0 Å². The van der Waals surface area contributed by atoms with Crippen molar-refractivity contribution in [3.8, 4) is 5.88 Å². The molecule has 2 heterocycles. The molecule has 0 N–H and O–H groups in total. The molecule has 1 fully saturated rings. The van der Waals surface area contributed by atoms with Crippen molar-refractivity contribution in [2.45, 2.75) is 19.0 Å². The molecule has 0 bridgehead atoms. The molecule has 1 saturated heterocycles. The van der Waals surface area contributed by atoms with Gasteiger partial charge in [0.05, 0.1) is 7.11 Å². The lowest BCUT2D eigenvalue weighted by molar-refractivity contribution is 0.0662. The average molecular weight is 364 g/mol. The lowest BCUT2D eigenvalue weighted by Crippen LogP contribution is -2.39. The highest BCUT2D eigenvalue weighted by atomic mass is 127. The van der Waals surface area contributed by atoms with Gasteiger partial charge in [0.2, 0.25) is 5.88 Å². The number of carbonyl (C=O) groups is 1. The molecule has 1 aliphatic rings. The molecule has 98 valence electrons. The van der Waals surface area contributed by atoms with Gasteiger partial charge in [-0.25, -0.2) is 9.37 Å². The van der Waals surface area contributed by atoms with Crippen molar-refractivity contribution in [1.82, 2.24) is 9.88 Å². The average Bonchev–Trinajstić information content (AvgIpc) is 2.38. The molecule has 0 radical (unpaired) electrons. The molecule has 0 atom stereocenters. The monoisotopic (exact) mass is 364 g/mol. The van der Waals surface area contributed by atoms with Crippen LogP contribution in [0.25, 0.3) is 0 Å². The summed E-state index contributed by atoms with van der Waals surface area (Å²) in [5.41, 5.74) is 0.470. The maximum atomic E-state index is 13.1. The SMILES string of the molecule is COc1nccc(I)c1C(=O)N1CCC(F)CC1. The first-order chi connectivity index (χ1) is 8.63. The minimum atomic E-state index is -0.788. The van der Waals surface area contributed by atoms with E-state index in [1.165, 1.54) is 7.11 Å². The van der Waals surface area contributed by atoms with E-state index >= 15 is 0 Å². The summed E-state index contributed by atoms with van der Waals surface area (Å²) in [4.78, 5) is 18.1. The zero-order chi connectivity index (χ0) is 13.1. The Morgan fingerprint density at radius 1 is 1.56 bits per heavy atom. The van der Waals surface area contributed by atoms with Gasteiger partial charge in [-0.1, -0.05) is 0 Å². The number of pyridine rings is 1. The predicted octanol–water partition coefficient (Wildman–Crippen LogP) is 2.27. The molecule has 0 aromatic carbocycles. The van der Waals surface area contributed by atoms with E-state index in [0.29, 0.717) is 37.4 Å². The Bertz CT molecular complexity index is 448. The quantitative estimate of drug-likeness (QED) is 0.757. The standard InChI is InChI=1S/C12H14FIN2O2/c1-18-11-10(9(14)2-5-15-11)12(17)16-6-3-8(13)4-7-16/h2,5,8H,3-4,6-7H2,1H3. The minimum absolute atomic E-state index is 0.128. The predicted molar refractivity (Wildman–Crippen MR) is 73.5 cm³/mol. The Kier molecular flexibility index (Phi) is 4.36. The molecule has 2 rings (SSSR count). The second-order valence-corrected chi connectivity index (χ2v) is 5.31. The molecule has 6 heteroatoms. The Morgan fingerprint density at radius 2 is 2.22 bits per heavy atom. The number of methoxy groups -OCH3 is 1. The number of ether oxygens (including phenoxy) is 1. The summed E-state index contributed by atoms with van der Waals surface area (Å²) in [6.07, 6.45) is 1.63. The number of likely N-dealkylation sites (tertiary alicyclic amines) is 1. The fraction of sp³-hybridized carbons (Fsp3) is 0.500. The van der Waals surface area contributed by atoms with Gasteiger partial charge in [-0.05, 0) is 41.5 Å². The van der Waals surface area contributed by atoms with Gasteiger partial charge in [0, 0.05) is 22.9 Å². The minimum Gasteiger partial charge on any atom is -0.480 e. The molecule has 18 heavy (non-hydrogen) atoms. The van der Waals surface area contributed by atoms with Crippen molar-refractivity contribution in [2.24, 2.45) is 0 Å². The summed E-state index contributed by atoms with van der Waals surface area (Å²) >= 11 is 2.08. The lowest BCUT2D eigenvalue weighted by atomic mass is 10.1. The van der Waals surface area contributed by atoms with Crippen molar-refractivity contribution >= 4 is 28.5 Å². The van der Waals surface area contributed by atoms with Gasteiger partial charge in [0.1, 0.15) is 11.7 Å². The van der Waals surface area contributed by atoms with Gasteiger partial charge in [0.15, 0.2) is 0 Å². The highest BCUT2D eigenvalue weighted by Crippen LogP contribution is 2.24. The van der Waals surface area contributed by atoms with Crippen LogP contribution in [0.1, 0.15) is 23.2 Å². The highest BCUT2D eigenvalue weighted by molar-refractivity contribution is 14.1. The van der Waals surface area contributed by atoms with Gasteiger partial charge in [0.25, 0.3) is 5.91 Å². The molecule has 1 aromatic heterocycles. The topological polar surface area (TPSA) is 42.4 Å². The normalized spacial score (nSPS) is 16.7. The molecule has 1 aliphatic heterocycles. The number of carbonyl (C=O) groups excluding carboxylic acids is 1. The van der Waals surface area contributed by atoms with E-state index in [1.54, 1.807) is 17.2 Å². The Labute approximate surface area is 119 Å². The number of aromatic nitrogens is 1. The van der Waals surface area contributed by atoms with E-state index in [-0.39, 0.29) is 5.91 Å². The van der Waals surface area contributed by atoms with Crippen LogP contribution in [-0.2, 0) is 0 Å². The zero-order valence-corrected chi connectivity index (χ0v) is 12.2. The zero-order valence-electron chi connectivity index (χ0n) is 10.0. The maximum absolute atomic E-state index is 13.1. The smallest absolute Gasteiger partial charge is 0.260 e. The fourth-order valence-corrected chi connectivity index (χ4v) is 2.60. The second-order valence-electron chi connectivity index (χ2n) is 4.14. The van der Waals surface area contributed by atoms with Gasteiger partial charge in [-0.15, -0.1) is 0 Å². The molecular weight excluding hydrogens is 350 g/mol. The molecular formula is C12H14FIN2O2. The fourth-order valence-electron chi connectivity index (χ4n) is 1.98. The second kappa shape index (κ2) is 5.81. The van der Waals surface area contributed by atoms with Gasteiger partial charge in [-0.2, -0.15) is 0 Å². The largest absolute Gasteiger partial charge is 0.480 e. The molecule has 4 nitrogen and oxygen atoms in total. The first-order valence-electron chi connectivity index (χ1n) is 5.75. The van der Waals surface area contributed by atoms with E-state index in [4.69, 9.17) is 4.74 Å². The molecule has 1 amide bonds. The van der Waals surface area contributed by atoms with Crippen LogP contribution in [0.15, 0.2) is 12.3 Å². The third-order valence-electron chi connectivity index (χ3n) is 2.98. The van der Waals surface area contributed by atoms with Gasteiger partial charge in [-0.3, -0.25) is 4.79 Å². The van der Waals surface area contributed by atoms with E-state index in [9.17, 15) is 9.18 Å². The van der Waals surface area contributed by atoms with Crippen molar-refractivity contribution in [3.63, 3.8) is 0 Å². The third kappa shape index (κ3) is 2.73. The number of piperidine rings is 1. The van der Waals surface area contributed by atoms with Crippen LogP contribution >= 0.6 is 22.6 Å². The number of rotatable bonds is 2. The number of nitrogens with zero attached hydrogens (tertiary/aromatic N) is 2. The van der Waals surface area contributed by atoms with Gasteiger partial charge < -0.3 is 9.64 Å². The first-order valence-corrected chi connectivity index (χ1v) is 6.83. The molecule has 0 aliphatic carbocycles. The van der Waals surface area contributed by atoms with Gasteiger partial charge >= 0.3 is 0 Å². The van der Waals surface area contributed by atoms with Crippen molar-refractivity contribution < 1.29 is 13.9 Å². The number of amides is 1. The molecule has 1 aromatic rings. The van der Waals surface area contributed by atoms with Crippen LogP contribution in [0.4, 0.5) is 4.39 Å². The van der Waals surface area contributed by atoms with E-state index in [0.717, 1.165) is 3.57 Å². The number of hydrogen-bond acceptors (Lipinski definition) is 3. The van der Waals surface area contributed by atoms with Crippen LogP contribution < -0.4 is 4.74 Å². The lowest BCUT2D eigenvalue weighted by Gasteiger charge is -2.29. The summed E-state index contributed by atoms with van der Waals surface area (Å²) in [7, 11) is 1.49. The Hall–Kier alpha value is -0.920. The number of halogens is 2. The summed E-state index contributed by atoms with van der Waals surface area (Å²) in [6.45, 7) is 0.905. The highest BCUT2D eigenvalue weighted by Gasteiger charge is 2.27. The van der Waals surface area contributed by atoms with Crippen LogP contribution in [0.3, 0.4) is 0 Å². The van der Waals surface area contributed by atoms with Crippen molar-refractivity contribution in [3.05, 3.63) is 21.4 Å². The Balaban J connectivity index is 2.23. The number of alkyl halides is 1. The number of hydrogen-bond donors (Lipinski definition) is 0. The van der Waals surface area contributed by atoms with E-state index in [2.05, 4.69) is 27.6 Å². The first kappa shape index (κ1) is 13.5. The third-order valence-corrected chi connectivity index (χ3v) is 3.88. The van der Waals surface area contributed by atoms with E-state index in [1.807, 2.05) is 0 Å². The van der Waals surface area contributed by atoms with E-state index < -0.39 is 6.17 Å². The summed E-state index contributed by atoms with van der Waals surface area (Å²) in [6, 6.07) is 1.76. The van der Waals surface area contributed by atoms with Crippen LogP contribution in [0.2, 0.25) is 0 Å². The van der Waals surface area contributed by atoms with Crippen LogP contribution in [0.5, 0.6) is 5.88 Å². The Morgan fingerprint density at radius 3 is 2.83 bits per heavy atom.